The average molecular weight is 374 g/mol. The van der Waals surface area contributed by atoms with Crippen LogP contribution in [0.3, 0.4) is 0 Å². The molecule has 4 heteroatoms. The first-order valence-corrected chi connectivity index (χ1v) is 10.6. The third-order valence-corrected chi connectivity index (χ3v) is 6.43. The Bertz CT molecular complexity index is 1040. The van der Waals surface area contributed by atoms with Crippen LogP contribution in [0.25, 0.3) is 10.8 Å². The molecule has 1 N–H and O–H groups in total. The molecular formula is C24H27N3O. The molecule has 1 aliphatic heterocycles. The van der Waals surface area contributed by atoms with Crippen molar-refractivity contribution in [2.24, 2.45) is 0 Å². The van der Waals surface area contributed by atoms with Gasteiger partial charge in [-0.05, 0) is 29.2 Å². The van der Waals surface area contributed by atoms with Gasteiger partial charge < -0.3 is 4.98 Å². The molecule has 5 rings (SSSR count). The zero-order valence-corrected chi connectivity index (χ0v) is 16.3. The number of aromatic nitrogens is 2. The zero-order valence-electron chi connectivity index (χ0n) is 16.3. The number of fused-ring (bicyclic) bond motifs is 2. The first kappa shape index (κ1) is 17.6. The summed E-state index contributed by atoms with van der Waals surface area (Å²) in [6, 6.07) is 15.0. The largest absolute Gasteiger partial charge is 0.310 e. The maximum absolute atomic E-state index is 12.8. The van der Waals surface area contributed by atoms with E-state index in [2.05, 4.69) is 52.3 Å². The molecule has 1 saturated carbocycles. The second kappa shape index (κ2) is 7.51. The molecule has 3 aromatic rings. The molecule has 1 aromatic heterocycles. The van der Waals surface area contributed by atoms with E-state index in [1.165, 1.54) is 35.6 Å². The number of nitrogens with zero attached hydrogens (tertiary/aromatic N) is 2. The fourth-order valence-corrected chi connectivity index (χ4v) is 4.88. The van der Waals surface area contributed by atoms with Gasteiger partial charge in [0.15, 0.2) is 0 Å². The van der Waals surface area contributed by atoms with E-state index in [0.29, 0.717) is 12.5 Å². The minimum absolute atomic E-state index is 0.0770. The highest BCUT2D eigenvalue weighted by Crippen LogP contribution is 2.31. The molecule has 0 unspecified atom stereocenters. The minimum atomic E-state index is 0.0770. The number of hydrogen-bond donors (Lipinski definition) is 1. The number of hydrogen-bond acceptors (Lipinski definition) is 3. The molecule has 4 nitrogen and oxygen atoms in total. The molecule has 2 heterocycles. The summed E-state index contributed by atoms with van der Waals surface area (Å²) in [5.41, 5.74) is 3.29. The van der Waals surface area contributed by atoms with Crippen molar-refractivity contribution in [3.05, 3.63) is 75.5 Å². The lowest BCUT2D eigenvalue weighted by Gasteiger charge is -2.29. The van der Waals surface area contributed by atoms with E-state index in [0.717, 1.165) is 49.4 Å². The van der Waals surface area contributed by atoms with Crippen molar-refractivity contribution in [3.8, 4) is 0 Å². The summed E-state index contributed by atoms with van der Waals surface area (Å²) in [4.78, 5) is 23.2. The molecule has 2 aromatic carbocycles. The maximum Gasteiger partial charge on any atom is 0.255 e. The number of benzene rings is 2. The highest BCUT2D eigenvalue weighted by atomic mass is 16.1. The Kier molecular flexibility index (Phi) is 4.73. The van der Waals surface area contributed by atoms with Crippen molar-refractivity contribution in [1.82, 2.24) is 14.9 Å². The molecule has 1 aliphatic carbocycles. The molecular weight excluding hydrogens is 346 g/mol. The highest BCUT2D eigenvalue weighted by Gasteiger charge is 2.24. The van der Waals surface area contributed by atoms with Crippen LogP contribution in [0.15, 0.2) is 47.3 Å². The van der Waals surface area contributed by atoms with Crippen LogP contribution in [0.5, 0.6) is 0 Å². The Hall–Kier alpha value is -2.46. The predicted molar refractivity (Wildman–Crippen MR) is 112 cm³/mol. The van der Waals surface area contributed by atoms with Crippen LogP contribution in [0, 0.1) is 0 Å². The lowest BCUT2D eigenvalue weighted by Crippen LogP contribution is -2.36. The summed E-state index contributed by atoms with van der Waals surface area (Å²) in [6.45, 7) is 2.51. The van der Waals surface area contributed by atoms with E-state index in [-0.39, 0.29) is 5.56 Å². The van der Waals surface area contributed by atoms with Gasteiger partial charge in [-0.15, -0.1) is 0 Å². The Morgan fingerprint density at radius 1 is 1.04 bits per heavy atom. The summed E-state index contributed by atoms with van der Waals surface area (Å²) >= 11 is 0. The lowest BCUT2D eigenvalue weighted by atomic mass is 9.88. The molecule has 0 radical (unpaired) electrons. The van der Waals surface area contributed by atoms with E-state index in [9.17, 15) is 4.79 Å². The Balaban J connectivity index is 1.38. The Labute approximate surface area is 165 Å². The summed E-state index contributed by atoms with van der Waals surface area (Å²) < 4.78 is 0. The molecule has 0 bridgehead atoms. The fourth-order valence-electron chi connectivity index (χ4n) is 4.88. The van der Waals surface area contributed by atoms with Crippen LogP contribution in [0.1, 0.15) is 60.7 Å². The Morgan fingerprint density at radius 3 is 2.75 bits per heavy atom. The Morgan fingerprint density at radius 2 is 1.86 bits per heavy atom. The van der Waals surface area contributed by atoms with Crippen molar-refractivity contribution in [3.63, 3.8) is 0 Å². The van der Waals surface area contributed by atoms with Gasteiger partial charge in [0.2, 0.25) is 0 Å². The van der Waals surface area contributed by atoms with Crippen LogP contribution in [0.2, 0.25) is 0 Å². The number of aromatic amines is 1. The molecule has 0 atom stereocenters. The van der Waals surface area contributed by atoms with E-state index in [4.69, 9.17) is 4.98 Å². The molecule has 1 fully saturated rings. The van der Waals surface area contributed by atoms with E-state index in [1.807, 2.05) is 0 Å². The van der Waals surface area contributed by atoms with E-state index < -0.39 is 0 Å². The van der Waals surface area contributed by atoms with Gasteiger partial charge in [0.1, 0.15) is 5.82 Å². The van der Waals surface area contributed by atoms with Gasteiger partial charge in [0.05, 0.1) is 11.3 Å². The third kappa shape index (κ3) is 3.37. The minimum Gasteiger partial charge on any atom is -0.310 e. The second-order valence-electron chi connectivity index (χ2n) is 8.31. The van der Waals surface area contributed by atoms with Gasteiger partial charge in [-0.3, -0.25) is 9.69 Å². The normalized spacial score (nSPS) is 18.3. The predicted octanol–water partition coefficient (Wildman–Crippen LogP) is 4.53. The first-order chi connectivity index (χ1) is 13.8. The van der Waals surface area contributed by atoms with Gasteiger partial charge >= 0.3 is 0 Å². The lowest BCUT2D eigenvalue weighted by molar-refractivity contribution is 0.242. The highest BCUT2D eigenvalue weighted by molar-refractivity contribution is 5.85. The molecule has 28 heavy (non-hydrogen) atoms. The SMILES string of the molecule is O=c1[nH]c(C2CCCCC2)nc2c1CN(Cc1cccc3ccccc13)CC2. The van der Waals surface area contributed by atoms with Crippen molar-refractivity contribution >= 4 is 10.8 Å². The van der Waals surface area contributed by atoms with Gasteiger partial charge in [0, 0.05) is 32.0 Å². The van der Waals surface area contributed by atoms with Crippen molar-refractivity contribution in [1.29, 1.82) is 0 Å². The average Bonchev–Trinajstić information content (AvgIpc) is 2.75. The van der Waals surface area contributed by atoms with Crippen LogP contribution < -0.4 is 5.56 Å². The van der Waals surface area contributed by atoms with Crippen molar-refractivity contribution in [2.75, 3.05) is 6.54 Å². The number of rotatable bonds is 3. The molecule has 0 spiro atoms. The van der Waals surface area contributed by atoms with Crippen LogP contribution in [-0.2, 0) is 19.5 Å². The van der Waals surface area contributed by atoms with E-state index in [1.54, 1.807) is 0 Å². The molecule has 144 valence electrons. The molecule has 0 amide bonds. The van der Waals surface area contributed by atoms with Gasteiger partial charge in [-0.1, -0.05) is 61.7 Å². The van der Waals surface area contributed by atoms with Crippen LogP contribution >= 0.6 is 0 Å². The monoisotopic (exact) mass is 373 g/mol. The molecule has 2 aliphatic rings. The fraction of sp³-hybridized carbons (Fsp3) is 0.417. The van der Waals surface area contributed by atoms with Crippen molar-refractivity contribution in [2.45, 2.75) is 57.5 Å². The van der Waals surface area contributed by atoms with Crippen molar-refractivity contribution < 1.29 is 0 Å². The standard InChI is InChI=1S/C24H27N3O/c28-24-21-16-27(15-19-11-6-10-17-7-4-5-12-20(17)19)14-13-22(21)25-23(26-24)18-8-2-1-3-9-18/h4-7,10-12,18H,1-3,8-9,13-16H2,(H,25,26,28). The number of H-pyrrole nitrogens is 1. The summed E-state index contributed by atoms with van der Waals surface area (Å²) in [5.74, 6) is 1.38. The maximum atomic E-state index is 12.8. The van der Waals surface area contributed by atoms with Crippen LogP contribution in [0.4, 0.5) is 0 Å². The van der Waals surface area contributed by atoms with Gasteiger partial charge in [0.25, 0.3) is 5.56 Å². The summed E-state index contributed by atoms with van der Waals surface area (Å²) in [5, 5.41) is 2.57. The second-order valence-corrected chi connectivity index (χ2v) is 8.31. The summed E-state index contributed by atoms with van der Waals surface area (Å²) in [7, 11) is 0. The smallest absolute Gasteiger partial charge is 0.255 e. The first-order valence-electron chi connectivity index (χ1n) is 10.6. The van der Waals surface area contributed by atoms with Gasteiger partial charge in [-0.2, -0.15) is 0 Å². The van der Waals surface area contributed by atoms with Crippen LogP contribution in [-0.4, -0.2) is 21.4 Å². The third-order valence-electron chi connectivity index (χ3n) is 6.43. The molecule has 0 saturated heterocycles. The van der Waals surface area contributed by atoms with E-state index >= 15 is 0 Å². The topological polar surface area (TPSA) is 49.0 Å². The van der Waals surface area contributed by atoms with Gasteiger partial charge in [-0.25, -0.2) is 4.98 Å². The quantitative estimate of drug-likeness (QED) is 0.734. The zero-order chi connectivity index (χ0) is 18.9. The number of nitrogens with one attached hydrogen (secondary N) is 1. The summed E-state index contributed by atoms with van der Waals surface area (Å²) in [6.07, 6.45) is 7.01.